The number of ether oxygens (including phenoxy) is 1. The van der Waals surface area contributed by atoms with Crippen molar-refractivity contribution in [3.05, 3.63) is 64.7 Å². The lowest BCUT2D eigenvalue weighted by Gasteiger charge is -2.19. The highest BCUT2D eigenvalue weighted by molar-refractivity contribution is 6.30. The summed E-state index contributed by atoms with van der Waals surface area (Å²) in [6.45, 7) is 2.11. The van der Waals surface area contributed by atoms with Crippen molar-refractivity contribution >= 4 is 17.5 Å². The van der Waals surface area contributed by atoms with E-state index in [0.717, 1.165) is 24.0 Å². The van der Waals surface area contributed by atoms with Crippen LogP contribution in [0.1, 0.15) is 36.9 Å². The fraction of sp³-hybridized carbons (Fsp3) is 0.316. The van der Waals surface area contributed by atoms with Crippen LogP contribution in [-0.4, -0.2) is 13.0 Å². The molecule has 1 N–H and O–H groups in total. The fourth-order valence-corrected chi connectivity index (χ4v) is 2.79. The van der Waals surface area contributed by atoms with E-state index in [1.807, 2.05) is 30.3 Å². The summed E-state index contributed by atoms with van der Waals surface area (Å²) >= 11 is 6.02. The normalized spacial score (nSPS) is 11.8. The van der Waals surface area contributed by atoms with Crippen LogP contribution < -0.4 is 10.1 Å². The van der Waals surface area contributed by atoms with Gasteiger partial charge in [-0.3, -0.25) is 4.79 Å². The average molecular weight is 332 g/mol. The molecule has 0 aliphatic rings. The van der Waals surface area contributed by atoms with Gasteiger partial charge in [0, 0.05) is 10.6 Å². The van der Waals surface area contributed by atoms with E-state index in [1.54, 1.807) is 25.3 Å². The third-order valence-corrected chi connectivity index (χ3v) is 3.94. The summed E-state index contributed by atoms with van der Waals surface area (Å²) in [5.74, 6) is 0.643. The van der Waals surface area contributed by atoms with Crippen LogP contribution in [0.2, 0.25) is 5.02 Å². The van der Waals surface area contributed by atoms with E-state index >= 15 is 0 Å². The number of carbonyl (C=O) groups excluding carboxylic acids is 1. The third-order valence-electron chi connectivity index (χ3n) is 3.71. The van der Waals surface area contributed by atoms with Gasteiger partial charge >= 0.3 is 0 Å². The van der Waals surface area contributed by atoms with Crippen molar-refractivity contribution in [2.45, 2.75) is 32.2 Å². The van der Waals surface area contributed by atoms with E-state index in [9.17, 15) is 4.79 Å². The number of nitrogens with one attached hydrogen (secondary N) is 1. The monoisotopic (exact) mass is 331 g/mol. The van der Waals surface area contributed by atoms with Crippen LogP contribution in [0.25, 0.3) is 0 Å². The highest BCUT2D eigenvalue weighted by Gasteiger charge is 2.15. The molecule has 3 nitrogen and oxygen atoms in total. The SMILES string of the molecule is CCCC(NC(=O)Cc1cc(Cl)ccc1OC)c1ccccc1. The summed E-state index contributed by atoms with van der Waals surface area (Å²) in [4.78, 5) is 12.4. The first-order valence-corrected chi connectivity index (χ1v) is 8.18. The number of carbonyl (C=O) groups is 1. The first-order chi connectivity index (χ1) is 11.1. The predicted octanol–water partition coefficient (Wildman–Crippen LogP) is 4.55. The van der Waals surface area contributed by atoms with Crippen molar-refractivity contribution in [3.8, 4) is 5.75 Å². The van der Waals surface area contributed by atoms with Gasteiger partial charge in [0.15, 0.2) is 0 Å². The Balaban J connectivity index is 2.09. The molecule has 0 fully saturated rings. The molecule has 0 aliphatic carbocycles. The van der Waals surface area contributed by atoms with Crippen LogP contribution in [0, 0.1) is 0 Å². The van der Waals surface area contributed by atoms with Crippen LogP contribution in [0.4, 0.5) is 0 Å². The zero-order valence-corrected chi connectivity index (χ0v) is 14.3. The maximum atomic E-state index is 12.4. The molecule has 0 saturated carbocycles. The Morgan fingerprint density at radius 3 is 2.61 bits per heavy atom. The van der Waals surface area contributed by atoms with Gasteiger partial charge in [-0.1, -0.05) is 55.3 Å². The molecule has 2 aromatic carbocycles. The molecule has 1 unspecified atom stereocenters. The molecular formula is C19H22ClNO2. The lowest BCUT2D eigenvalue weighted by molar-refractivity contribution is -0.121. The smallest absolute Gasteiger partial charge is 0.225 e. The second kappa shape index (κ2) is 8.59. The predicted molar refractivity (Wildman–Crippen MR) is 93.9 cm³/mol. The molecule has 1 amide bonds. The molecule has 0 aliphatic heterocycles. The van der Waals surface area contributed by atoms with E-state index in [2.05, 4.69) is 12.2 Å². The minimum Gasteiger partial charge on any atom is -0.496 e. The second-order valence-corrected chi connectivity index (χ2v) is 5.89. The number of hydrogen-bond donors (Lipinski definition) is 1. The van der Waals surface area contributed by atoms with Gasteiger partial charge in [0.25, 0.3) is 0 Å². The Kier molecular flexibility index (Phi) is 6.48. The van der Waals surface area contributed by atoms with Crippen LogP contribution in [0.3, 0.4) is 0 Å². The number of rotatable bonds is 7. The average Bonchev–Trinajstić information content (AvgIpc) is 2.55. The van der Waals surface area contributed by atoms with Crippen molar-refractivity contribution in [1.29, 1.82) is 0 Å². The first-order valence-electron chi connectivity index (χ1n) is 7.80. The van der Waals surface area contributed by atoms with Gasteiger partial charge in [-0.2, -0.15) is 0 Å². The molecule has 0 bridgehead atoms. The Bertz CT molecular complexity index is 643. The molecular weight excluding hydrogens is 310 g/mol. The first kappa shape index (κ1) is 17.4. The largest absolute Gasteiger partial charge is 0.496 e. The van der Waals surface area contributed by atoms with Gasteiger partial charge in [0.05, 0.1) is 19.6 Å². The van der Waals surface area contributed by atoms with Crippen LogP contribution in [-0.2, 0) is 11.2 Å². The van der Waals surface area contributed by atoms with Crippen molar-refractivity contribution in [3.63, 3.8) is 0 Å². The fourth-order valence-electron chi connectivity index (χ4n) is 2.60. The molecule has 23 heavy (non-hydrogen) atoms. The van der Waals surface area contributed by atoms with Crippen LogP contribution in [0.15, 0.2) is 48.5 Å². The Hall–Kier alpha value is -2.00. The highest BCUT2D eigenvalue weighted by Crippen LogP contribution is 2.24. The zero-order valence-electron chi connectivity index (χ0n) is 13.5. The third kappa shape index (κ3) is 5.00. The maximum absolute atomic E-state index is 12.4. The molecule has 2 aromatic rings. The van der Waals surface area contributed by atoms with E-state index in [-0.39, 0.29) is 18.4 Å². The second-order valence-electron chi connectivity index (χ2n) is 5.45. The zero-order chi connectivity index (χ0) is 16.7. The molecule has 2 rings (SSSR count). The standard InChI is InChI=1S/C19H22ClNO2/c1-3-7-17(14-8-5-4-6-9-14)21-19(22)13-15-12-16(20)10-11-18(15)23-2/h4-6,8-12,17H,3,7,13H2,1-2H3,(H,21,22). The van der Waals surface area contributed by atoms with Gasteiger partial charge in [-0.25, -0.2) is 0 Å². The van der Waals surface area contributed by atoms with Crippen molar-refractivity contribution in [1.82, 2.24) is 5.32 Å². The van der Waals surface area contributed by atoms with Crippen molar-refractivity contribution in [2.75, 3.05) is 7.11 Å². The molecule has 0 saturated heterocycles. The maximum Gasteiger partial charge on any atom is 0.225 e. The number of methoxy groups -OCH3 is 1. The Labute approximate surface area is 142 Å². The lowest BCUT2D eigenvalue weighted by Crippen LogP contribution is -2.30. The van der Waals surface area contributed by atoms with E-state index in [4.69, 9.17) is 16.3 Å². The molecule has 0 spiro atoms. The van der Waals surface area contributed by atoms with E-state index in [0.29, 0.717) is 10.8 Å². The van der Waals surface area contributed by atoms with Gasteiger partial charge < -0.3 is 10.1 Å². The summed E-state index contributed by atoms with van der Waals surface area (Å²) in [6.07, 6.45) is 2.15. The summed E-state index contributed by atoms with van der Waals surface area (Å²) in [5.41, 5.74) is 1.92. The molecule has 122 valence electrons. The Morgan fingerprint density at radius 2 is 1.96 bits per heavy atom. The van der Waals surface area contributed by atoms with Crippen LogP contribution >= 0.6 is 11.6 Å². The minimum atomic E-state index is -0.0344. The lowest BCUT2D eigenvalue weighted by atomic mass is 10.0. The van der Waals surface area contributed by atoms with Gasteiger partial charge in [-0.05, 0) is 30.2 Å². The molecule has 0 heterocycles. The van der Waals surface area contributed by atoms with Gasteiger partial charge in [0.1, 0.15) is 5.75 Å². The van der Waals surface area contributed by atoms with Gasteiger partial charge in [-0.15, -0.1) is 0 Å². The number of halogens is 1. The summed E-state index contributed by atoms with van der Waals surface area (Å²) < 4.78 is 5.30. The van der Waals surface area contributed by atoms with Crippen molar-refractivity contribution < 1.29 is 9.53 Å². The topological polar surface area (TPSA) is 38.3 Å². The van der Waals surface area contributed by atoms with Gasteiger partial charge in [0.2, 0.25) is 5.91 Å². The highest BCUT2D eigenvalue weighted by atomic mass is 35.5. The molecule has 0 aromatic heterocycles. The van der Waals surface area contributed by atoms with Crippen molar-refractivity contribution in [2.24, 2.45) is 0 Å². The number of hydrogen-bond acceptors (Lipinski definition) is 2. The van der Waals surface area contributed by atoms with E-state index in [1.165, 1.54) is 0 Å². The molecule has 0 radical (unpaired) electrons. The summed E-state index contributed by atoms with van der Waals surface area (Å²) in [5, 5.41) is 3.71. The molecule has 4 heteroatoms. The minimum absolute atomic E-state index is 0.0267. The van der Waals surface area contributed by atoms with Crippen LogP contribution in [0.5, 0.6) is 5.75 Å². The Morgan fingerprint density at radius 1 is 1.22 bits per heavy atom. The number of amides is 1. The van der Waals surface area contributed by atoms with E-state index < -0.39 is 0 Å². The number of benzene rings is 2. The quantitative estimate of drug-likeness (QED) is 0.808. The summed E-state index contributed by atoms with van der Waals surface area (Å²) in [6, 6.07) is 15.4. The summed E-state index contributed by atoms with van der Waals surface area (Å²) in [7, 11) is 1.59. The molecule has 1 atom stereocenters.